The average molecular weight is 286 g/mol. The van der Waals surface area contributed by atoms with Gasteiger partial charge >= 0.3 is 0 Å². The van der Waals surface area contributed by atoms with E-state index in [2.05, 4.69) is 5.32 Å². The van der Waals surface area contributed by atoms with Crippen LogP contribution >= 0.6 is 0 Å². The van der Waals surface area contributed by atoms with Crippen molar-refractivity contribution >= 4 is 11.6 Å². The molecule has 1 atom stereocenters. The van der Waals surface area contributed by atoms with E-state index >= 15 is 0 Å². The molecule has 0 radical (unpaired) electrons. The largest absolute Gasteiger partial charge is 0.504 e. The first kappa shape index (κ1) is 14.9. The molecule has 2 aromatic rings. The van der Waals surface area contributed by atoms with Crippen molar-refractivity contribution in [2.24, 2.45) is 5.73 Å². The second kappa shape index (κ2) is 6.28. The zero-order valence-corrected chi connectivity index (χ0v) is 11.7. The Balaban J connectivity index is 1.98. The molecule has 0 unspecified atom stereocenters. The minimum atomic E-state index is -0.741. The summed E-state index contributed by atoms with van der Waals surface area (Å²) in [4.78, 5) is 12.0. The van der Waals surface area contributed by atoms with Crippen LogP contribution in [0.4, 0.5) is 5.69 Å². The summed E-state index contributed by atoms with van der Waals surface area (Å²) in [5.74, 6) is -0.721. The van der Waals surface area contributed by atoms with Crippen LogP contribution in [0.5, 0.6) is 11.5 Å². The summed E-state index contributed by atoms with van der Waals surface area (Å²) in [5, 5.41) is 21.4. The number of phenols is 2. The van der Waals surface area contributed by atoms with Crippen LogP contribution in [-0.4, -0.2) is 22.2 Å². The highest BCUT2D eigenvalue weighted by atomic mass is 16.3. The minimum Gasteiger partial charge on any atom is -0.504 e. The van der Waals surface area contributed by atoms with Crippen molar-refractivity contribution in [3.63, 3.8) is 0 Å². The number of aryl methyl sites for hydroxylation is 1. The fourth-order valence-electron chi connectivity index (χ4n) is 1.91. The van der Waals surface area contributed by atoms with Crippen molar-refractivity contribution < 1.29 is 15.0 Å². The molecule has 1 amide bonds. The van der Waals surface area contributed by atoms with Gasteiger partial charge in [-0.05, 0) is 43.2 Å². The van der Waals surface area contributed by atoms with Gasteiger partial charge in [0.15, 0.2) is 11.5 Å². The van der Waals surface area contributed by atoms with E-state index in [1.165, 1.54) is 12.1 Å². The van der Waals surface area contributed by atoms with Crippen LogP contribution in [0.2, 0.25) is 0 Å². The van der Waals surface area contributed by atoms with E-state index < -0.39 is 6.04 Å². The van der Waals surface area contributed by atoms with Gasteiger partial charge in [0.2, 0.25) is 5.91 Å². The first-order valence-corrected chi connectivity index (χ1v) is 6.59. The highest BCUT2D eigenvalue weighted by Gasteiger charge is 2.15. The molecule has 5 N–H and O–H groups in total. The zero-order valence-electron chi connectivity index (χ0n) is 11.7. The average Bonchev–Trinajstić information content (AvgIpc) is 2.45. The summed E-state index contributed by atoms with van der Waals surface area (Å²) in [5.41, 5.74) is 8.33. The summed E-state index contributed by atoms with van der Waals surface area (Å²) in [6, 6.07) is 11.1. The van der Waals surface area contributed by atoms with Crippen LogP contribution in [-0.2, 0) is 11.2 Å². The Hall–Kier alpha value is -2.53. The molecule has 0 saturated heterocycles. The number of hydrogen-bond donors (Lipinski definition) is 4. The van der Waals surface area contributed by atoms with Gasteiger partial charge in [0.25, 0.3) is 0 Å². The Morgan fingerprint density at radius 3 is 2.43 bits per heavy atom. The molecule has 0 bridgehead atoms. The summed E-state index contributed by atoms with van der Waals surface area (Å²) < 4.78 is 0. The second-order valence-corrected chi connectivity index (χ2v) is 4.99. The second-order valence-electron chi connectivity index (χ2n) is 4.99. The minimum absolute atomic E-state index is 0.198. The lowest BCUT2D eigenvalue weighted by atomic mass is 10.1. The number of aromatic hydroxyl groups is 2. The first-order chi connectivity index (χ1) is 9.95. The van der Waals surface area contributed by atoms with Crippen LogP contribution in [0.1, 0.15) is 11.1 Å². The SMILES string of the molecule is Cc1ccc(NC(=O)[C@@H](N)Cc2ccc(O)c(O)c2)cc1. The molecule has 0 aromatic heterocycles. The Morgan fingerprint density at radius 1 is 1.14 bits per heavy atom. The molecule has 0 aliphatic heterocycles. The number of rotatable bonds is 4. The molecule has 21 heavy (non-hydrogen) atoms. The fourth-order valence-corrected chi connectivity index (χ4v) is 1.91. The Labute approximate surface area is 123 Å². The first-order valence-electron chi connectivity index (χ1n) is 6.59. The lowest BCUT2D eigenvalue weighted by molar-refractivity contribution is -0.117. The van der Waals surface area contributed by atoms with Gasteiger partial charge in [-0.3, -0.25) is 4.79 Å². The monoisotopic (exact) mass is 286 g/mol. The number of amides is 1. The molecule has 110 valence electrons. The molecule has 0 saturated carbocycles. The van der Waals surface area contributed by atoms with Crippen LogP contribution in [0, 0.1) is 6.92 Å². The number of benzene rings is 2. The molecule has 2 aromatic carbocycles. The van der Waals surface area contributed by atoms with E-state index in [0.29, 0.717) is 11.3 Å². The van der Waals surface area contributed by atoms with Gasteiger partial charge < -0.3 is 21.3 Å². The fraction of sp³-hybridized carbons (Fsp3) is 0.188. The van der Waals surface area contributed by atoms with Gasteiger partial charge in [-0.1, -0.05) is 23.8 Å². The van der Waals surface area contributed by atoms with Crippen molar-refractivity contribution in [3.05, 3.63) is 53.6 Å². The molecule has 0 heterocycles. The quantitative estimate of drug-likeness (QED) is 0.646. The third-order valence-electron chi connectivity index (χ3n) is 3.15. The van der Waals surface area contributed by atoms with Crippen LogP contribution < -0.4 is 11.1 Å². The van der Waals surface area contributed by atoms with Crippen molar-refractivity contribution in [2.75, 3.05) is 5.32 Å². The molecule has 0 aliphatic rings. The summed E-state index contributed by atoms with van der Waals surface area (Å²) in [6.45, 7) is 1.97. The summed E-state index contributed by atoms with van der Waals surface area (Å²) >= 11 is 0. The lowest BCUT2D eigenvalue weighted by Gasteiger charge is -2.13. The molecule has 0 fully saturated rings. The maximum atomic E-state index is 12.0. The third-order valence-corrected chi connectivity index (χ3v) is 3.15. The highest BCUT2D eigenvalue weighted by Crippen LogP contribution is 2.25. The normalized spacial score (nSPS) is 11.9. The van der Waals surface area contributed by atoms with Crippen LogP contribution in [0.15, 0.2) is 42.5 Å². The molecular formula is C16H18N2O3. The van der Waals surface area contributed by atoms with Gasteiger partial charge in [0.05, 0.1) is 6.04 Å². The number of phenolic OH excluding ortho intramolecular Hbond substituents is 2. The molecule has 2 rings (SSSR count). The predicted octanol–water partition coefficient (Wildman–Crippen LogP) is 1.91. The van der Waals surface area contributed by atoms with Crippen LogP contribution in [0.25, 0.3) is 0 Å². The van der Waals surface area contributed by atoms with Crippen molar-refractivity contribution in [1.29, 1.82) is 0 Å². The van der Waals surface area contributed by atoms with E-state index in [9.17, 15) is 15.0 Å². The Kier molecular flexibility index (Phi) is 4.45. The van der Waals surface area contributed by atoms with Crippen LogP contribution in [0.3, 0.4) is 0 Å². The zero-order chi connectivity index (χ0) is 15.4. The predicted molar refractivity (Wildman–Crippen MR) is 81.3 cm³/mol. The molecule has 5 heteroatoms. The number of nitrogens with one attached hydrogen (secondary N) is 1. The molecule has 0 spiro atoms. The van der Waals surface area contributed by atoms with E-state index in [-0.39, 0.29) is 23.8 Å². The lowest BCUT2D eigenvalue weighted by Crippen LogP contribution is -2.37. The topological polar surface area (TPSA) is 95.6 Å². The van der Waals surface area contributed by atoms with Crippen molar-refractivity contribution in [2.45, 2.75) is 19.4 Å². The number of anilines is 1. The number of carbonyl (C=O) groups excluding carboxylic acids is 1. The molecular weight excluding hydrogens is 268 g/mol. The van der Waals surface area contributed by atoms with E-state index in [4.69, 9.17) is 5.73 Å². The summed E-state index contributed by atoms with van der Waals surface area (Å²) in [7, 11) is 0. The standard InChI is InChI=1S/C16H18N2O3/c1-10-2-5-12(6-3-10)18-16(21)13(17)8-11-4-7-14(19)15(20)9-11/h2-7,9,13,19-20H,8,17H2,1H3,(H,18,21)/t13-/m0/s1. The van der Waals surface area contributed by atoms with Crippen molar-refractivity contribution in [1.82, 2.24) is 0 Å². The molecule has 0 aliphatic carbocycles. The molecule has 5 nitrogen and oxygen atoms in total. The van der Waals surface area contributed by atoms with Gasteiger partial charge in [-0.25, -0.2) is 0 Å². The Morgan fingerprint density at radius 2 is 1.81 bits per heavy atom. The van der Waals surface area contributed by atoms with Gasteiger partial charge in [-0.15, -0.1) is 0 Å². The Bertz CT molecular complexity index is 638. The maximum absolute atomic E-state index is 12.0. The summed E-state index contributed by atoms with van der Waals surface area (Å²) in [6.07, 6.45) is 0.269. The van der Waals surface area contributed by atoms with Gasteiger partial charge in [0, 0.05) is 5.69 Å². The van der Waals surface area contributed by atoms with E-state index in [1.807, 2.05) is 31.2 Å². The maximum Gasteiger partial charge on any atom is 0.241 e. The smallest absolute Gasteiger partial charge is 0.241 e. The van der Waals surface area contributed by atoms with E-state index in [0.717, 1.165) is 5.56 Å². The number of carbonyl (C=O) groups is 1. The van der Waals surface area contributed by atoms with Crippen molar-refractivity contribution in [3.8, 4) is 11.5 Å². The number of nitrogens with two attached hydrogens (primary N) is 1. The van der Waals surface area contributed by atoms with Gasteiger partial charge in [0.1, 0.15) is 0 Å². The third kappa shape index (κ3) is 3.97. The number of hydrogen-bond acceptors (Lipinski definition) is 4. The highest BCUT2D eigenvalue weighted by molar-refractivity contribution is 5.94. The van der Waals surface area contributed by atoms with E-state index in [1.54, 1.807) is 6.07 Å². The van der Waals surface area contributed by atoms with Gasteiger partial charge in [-0.2, -0.15) is 0 Å².